The molecule has 0 saturated carbocycles. The van der Waals surface area contributed by atoms with Gasteiger partial charge in [0, 0.05) is 19.0 Å². The molecule has 0 N–H and O–H groups in total. The average molecular weight is 385 g/mol. The van der Waals surface area contributed by atoms with Gasteiger partial charge in [0.25, 0.3) is 5.91 Å². The molecule has 27 heavy (non-hydrogen) atoms. The molecule has 6 heteroatoms. The van der Waals surface area contributed by atoms with Crippen molar-refractivity contribution in [1.29, 1.82) is 0 Å². The van der Waals surface area contributed by atoms with E-state index in [1.54, 1.807) is 17.9 Å². The normalized spacial score (nSPS) is 16.7. The van der Waals surface area contributed by atoms with Crippen molar-refractivity contribution in [2.75, 3.05) is 13.1 Å². The van der Waals surface area contributed by atoms with Crippen molar-refractivity contribution in [3.8, 4) is 11.3 Å². The third kappa shape index (κ3) is 3.23. The number of carbonyl (C=O) groups is 1. The fourth-order valence-electron chi connectivity index (χ4n) is 3.62. The minimum absolute atomic E-state index is 0.0955. The molecule has 1 amide bonds. The van der Waals surface area contributed by atoms with Crippen LogP contribution < -0.4 is 0 Å². The summed E-state index contributed by atoms with van der Waals surface area (Å²) in [5.74, 6) is -0.0942. The van der Waals surface area contributed by atoms with Gasteiger partial charge < -0.3 is 9.42 Å². The van der Waals surface area contributed by atoms with E-state index in [1.165, 1.54) is 17.7 Å². The molecule has 2 aromatic carbocycles. The number of benzene rings is 2. The molecule has 1 aliphatic heterocycles. The van der Waals surface area contributed by atoms with E-state index < -0.39 is 5.82 Å². The summed E-state index contributed by atoms with van der Waals surface area (Å²) in [6.07, 6.45) is 0.885. The highest BCUT2D eigenvalue weighted by Gasteiger charge is 2.33. The fourth-order valence-corrected chi connectivity index (χ4v) is 3.87. The minimum Gasteiger partial charge on any atom is -0.360 e. The summed E-state index contributed by atoms with van der Waals surface area (Å²) in [6.45, 7) is 2.90. The zero-order valence-corrected chi connectivity index (χ0v) is 15.5. The van der Waals surface area contributed by atoms with Crippen LogP contribution >= 0.6 is 11.6 Å². The Morgan fingerprint density at radius 2 is 2.00 bits per heavy atom. The Hall–Kier alpha value is -2.66. The van der Waals surface area contributed by atoms with Crippen molar-refractivity contribution in [3.63, 3.8) is 0 Å². The SMILES string of the molecule is Cc1onc(-c2c(F)cccc2Cl)c1C(=O)N1CC[C@H](c2ccccc2)C1. The second-order valence-electron chi connectivity index (χ2n) is 6.71. The van der Waals surface area contributed by atoms with Gasteiger partial charge in [0.2, 0.25) is 0 Å². The van der Waals surface area contributed by atoms with Crippen LogP contribution in [0.15, 0.2) is 53.1 Å². The van der Waals surface area contributed by atoms with Crippen LogP contribution in [0.4, 0.5) is 4.39 Å². The largest absolute Gasteiger partial charge is 0.360 e. The number of amides is 1. The van der Waals surface area contributed by atoms with Crippen LogP contribution in [-0.4, -0.2) is 29.1 Å². The van der Waals surface area contributed by atoms with E-state index >= 15 is 0 Å². The van der Waals surface area contributed by atoms with Crippen LogP contribution in [0.25, 0.3) is 11.3 Å². The van der Waals surface area contributed by atoms with Crippen LogP contribution in [0, 0.1) is 12.7 Å². The van der Waals surface area contributed by atoms with Crippen molar-refractivity contribution >= 4 is 17.5 Å². The van der Waals surface area contributed by atoms with Gasteiger partial charge in [-0.1, -0.05) is 53.2 Å². The van der Waals surface area contributed by atoms with Crippen LogP contribution in [0.2, 0.25) is 5.02 Å². The maximum Gasteiger partial charge on any atom is 0.259 e. The monoisotopic (exact) mass is 384 g/mol. The van der Waals surface area contributed by atoms with E-state index in [0.717, 1.165) is 6.42 Å². The Morgan fingerprint density at radius 1 is 1.22 bits per heavy atom. The Balaban J connectivity index is 1.65. The molecular weight excluding hydrogens is 367 g/mol. The summed E-state index contributed by atoms with van der Waals surface area (Å²) in [5.41, 5.74) is 1.74. The van der Waals surface area contributed by atoms with Crippen LogP contribution in [0.1, 0.15) is 34.0 Å². The molecule has 1 aliphatic rings. The minimum atomic E-state index is -0.534. The number of carbonyl (C=O) groups excluding carboxylic acids is 1. The molecule has 3 aromatic rings. The number of aromatic nitrogens is 1. The molecular formula is C21H18ClFN2O2. The lowest BCUT2D eigenvalue weighted by atomic mass is 9.99. The Morgan fingerprint density at radius 3 is 2.74 bits per heavy atom. The molecule has 4 rings (SSSR count). The summed E-state index contributed by atoms with van der Waals surface area (Å²) < 4.78 is 19.6. The molecule has 0 aliphatic carbocycles. The van der Waals surface area contributed by atoms with E-state index in [-0.39, 0.29) is 33.7 Å². The van der Waals surface area contributed by atoms with Crippen molar-refractivity contribution in [1.82, 2.24) is 10.1 Å². The Labute approximate surface area is 161 Å². The highest BCUT2D eigenvalue weighted by Crippen LogP contribution is 2.35. The van der Waals surface area contributed by atoms with Crippen LogP contribution in [0.5, 0.6) is 0 Å². The van der Waals surface area contributed by atoms with Gasteiger partial charge in [-0.15, -0.1) is 0 Å². The number of nitrogens with zero attached hydrogens (tertiary/aromatic N) is 2. The maximum atomic E-state index is 14.4. The van der Waals surface area contributed by atoms with E-state index in [9.17, 15) is 9.18 Å². The summed E-state index contributed by atoms with van der Waals surface area (Å²) in [5, 5.41) is 4.13. The number of rotatable bonds is 3. The zero-order valence-electron chi connectivity index (χ0n) is 14.8. The molecule has 0 bridgehead atoms. The predicted molar refractivity (Wildman–Crippen MR) is 101 cm³/mol. The van der Waals surface area contributed by atoms with E-state index in [1.807, 2.05) is 18.2 Å². The lowest BCUT2D eigenvalue weighted by Gasteiger charge is -2.17. The average Bonchev–Trinajstić information content (AvgIpc) is 3.29. The molecule has 0 unspecified atom stereocenters. The standard InChI is InChI=1S/C21H18ClFN2O2/c1-13-18(20(24-27-13)19-16(22)8-5-9-17(19)23)21(26)25-11-10-15(12-25)14-6-3-2-4-7-14/h2-9,15H,10-12H2,1H3/t15-/m0/s1. The van der Waals surface area contributed by atoms with Gasteiger partial charge >= 0.3 is 0 Å². The smallest absolute Gasteiger partial charge is 0.259 e. The van der Waals surface area contributed by atoms with E-state index in [4.69, 9.17) is 16.1 Å². The first-order chi connectivity index (χ1) is 13.1. The third-order valence-electron chi connectivity index (χ3n) is 5.02. The van der Waals surface area contributed by atoms with Crippen molar-refractivity contribution in [3.05, 3.63) is 76.3 Å². The molecule has 1 atom stereocenters. The van der Waals surface area contributed by atoms with E-state index in [0.29, 0.717) is 18.8 Å². The first-order valence-corrected chi connectivity index (χ1v) is 9.19. The first kappa shape index (κ1) is 17.7. The van der Waals surface area contributed by atoms with Gasteiger partial charge in [-0.3, -0.25) is 4.79 Å². The van der Waals surface area contributed by atoms with Gasteiger partial charge in [0.05, 0.1) is 10.6 Å². The summed E-state index contributed by atoms with van der Waals surface area (Å²) >= 11 is 6.17. The van der Waals surface area contributed by atoms with Gasteiger partial charge in [-0.05, 0) is 31.0 Å². The lowest BCUT2D eigenvalue weighted by molar-refractivity contribution is 0.0789. The molecule has 0 radical (unpaired) electrons. The number of halogens is 2. The second kappa shape index (κ2) is 7.16. The van der Waals surface area contributed by atoms with Crippen molar-refractivity contribution < 1.29 is 13.7 Å². The number of aryl methyl sites for hydroxylation is 1. The van der Waals surface area contributed by atoms with Crippen LogP contribution in [0.3, 0.4) is 0 Å². The molecule has 4 nitrogen and oxygen atoms in total. The lowest BCUT2D eigenvalue weighted by Crippen LogP contribution is -2.29. The fraction of sp³-hybridized carbons (Fsp3) is 0.238. The molecule has 1 saturated heterocycles. The van der Waals surface area contributed by atoms with Crippen molar-refractivity contribution in [2.24, 2.45) is 0 Å². The number of hydrogen-bond donors (Lipinski definition) is 0. The molecule has 1 fully saturated rings. The molecule has 138 valence electrons. The third-order valence-corrected chi connectivity index (χ3v) is 5.34. The van der Waals surface area contributed by atoms with Crippen molar-refractivity contribution in [2.45, 2.75) is 19.3 Å². The van der Waals surface area contributed by atoms with Gasteiger partial charge in [0.15, 0.2) is 0 Å². The summed E-state index contributed by atoms with van der Waals surface area (Å²) in [6, 6.07) is 14.5. The van der Waals surface area contributed by atoms with Crippen LogP contribution in [-0.2, 0) is 0 Å². The summed E-state index contributed by atoms with van der Waals surface area (Å²) in [4.78, 5) is 15.0. The Bertz CT molecular complexity index is 967. The van der Waals surface area contributed by atoms with E-state index in [2.05, 4.69) is 17.3 Å². The first-order valence-electron chi connectivity index (χ1n) is 8.81. The maximum absolute atomic E-state index is 14.4. The topological polar surface area (TPSA) is 46.3 Å². The predicted octanol–water partition coefficient (Wildman–Crippen LogP) is 5.07. The Kier molecular flexibility index (Phi) is 4.70. The molecule has 2 heterocycles. The molecule has 0 spiro atoms. The van der Waals surface area contributed by atoms with Gasteiger partial charge in [-0.2, -0.15) is 0 Å². The quantitative estimate of drug-likeness (QED) is 0.633. The zero-order chi connectivity index (χ0) is 19.0. The second-order valence-corrected chi connectivity index (χ2v) is 7.11. The van der Waals surface area contributed by atoms with Gasteiger partial charge in [-0.25, -0.2) is 4.39 Å². The summed E-state index contributed by atoms with van der Waals surface area (Å²) in [7, 11) is 0. The number of likely N-dealkylation sites (tertiary alicyclic amines) is 1. The highest BCUT2D eigenvalue weighted by atomic mass is 35.5. The molecule has 1 aromatic heterocycles. The highest BCUT2D eigenvalue weighted by molar-refractivity contribution is 6.33. The number of hydrogen-bond acceptors (Lipinski definition) is 3. The van der Waals surface area contributed by atoms with Gasteiger partial charge in [0.1, 0.15) is 22.8 Å².